The van der Waals surface area contributed by atoms with Crippen molar-refractivity contribution in [3.63, 3.8) is 0 Å². The highest BCUT2D eigenvalue weighted by Crippen LogP contribution is 2.23. The van der Waals surface area contributed by atoms with E-state index in [0.717, 1.165) is 12.3 Å². The molecule has 1 aliphatic heterocycles. The number of carboxylic acids is 1. The summed E-state index contributed by atoms with van der Waals surface area (Å²) in [5.74, 6) is 0.595. The molecule has 1 fully saturated rings. The molecule has 0 spiro atoms. The standard InChI is InChI=1S/C13H21N3O3/c1-13(2,3)10-7-15-11(19-10)8-16-5-4-14-6-9(16)12(17)18/h7,9,14H,4-6,8H2,1-3H3,(H,17,18). The number of aliphatic carboxylic acids is 1. The quantitative estimate of drug-likeness (QED) is 0.844. The number of hydrogen-bond donors (Lipinski definition) is 2. The van der Waals surface area contributed by atoms with Crippen molar-refractivity contribution in [2.75, 3.05) is 19.6 Å². The van der Waals surface area contributed by atoms with Crippen molar-refractivity contribution in [2.45, 2.75) is 38.8 Å². The van der Waals surface area contributed by atoms with Gasteiger partial charge in [-0.2, -0.15) is 0 Å². The average molecular weight is 267 g/mol. The molecule has 1 saturated heterocycles. The summed E-state index contributed by atoms with van der Waals surface area (Å²) in [7, 11) is 0. The van der Waals surface area contributed by atoms with Crippen molar-refractivity contribution < 1.29 is 14.3 Å². The van der Waals surface area contributed by atoms with Crippen LogP contribution in [0.1, 0.15) is 32.4 Å². The summed E-state index contributed by atoms with van der Waals surface area (Å²) < 4.78 is 5.71. The van der Waals surface area contributed by atoms with Gasteiger partial charge in [-0.3, -0.25) is 9.69 Å². The number of oxazole rings is 1. The fourth-order valence-electron chi connectivity index (χ4n) is 2.08. The van der Waals surface area contributed by atoms with E-state index in [0.29, 0.717) is 25.5 Å². The van der Waals surface area contributed by atoms with E-state index in [1.165, 1.54) is 0 Å². The summed E-state index contributed by atoms with van der Waals surface area (Å²) in [6, 6.07) is -0.515. The van der Waals surface area contributed by atoms with Gasteiger partial charge in [0, 0.05) is 25.0 Å². The Morgan fingerprint density at radius 3 is 2.95 bits per heavy atom. The molecule has 1 atom stereocenters. The van der Waals surface area contributed by atoms with Crippen molar-refractivity contribution >= 4 is 5.97 Å². The van der Waals surface area contributed by atoms with Gasteiger partial charge in [-0.05, 0) is 0 Å². The number of piperazine rings is 1. The molecule has 0 amide bonds. The van der Waals surface area contributed by atoms with Crippen molar-refractivity contribution in [2.24, 2.45) is 0 Å². The molecule has 106 valence electrons. The summed E-state index contributed by atoms with van der Waals surface area (Å²) in [5, 5.41) is 12.3. The maximum absolute atomic E-state index is 11.2. The molecule has 1 aromatic heterocycles. The maximum atomic E-state index is 11.2. The maximum Gasteiger partial charge on any atom is 0.322 e. The van der Waals surface area contributed by atoms with Gasteiger partial charge in [0.2, 0.25) is 5.89 Å². The van der Waals surface area contributed by atoms with E-state index in [9.17, 15) is 9.90 Å². The Hall–Kier alpha value is -1.40. The summed E-state index contributed by atoms with van der Waals surface area (Å²) in [4.78, 5) is 17.3. The third kappa shape index (κ3) is 3.33. The third-order valence-electron chi connectivity index (χ3n) is 3.27. The van der Waals surface area contributed by atoms with Crippen LogP contribution in [0.2, 0.25) is 0 Å². The number of rotatable bonds is 3. The number of aromatic nitrogens is 1. The minimum Gasteiger partial charge on any atom is -0.480 e. The van der Waals surface area contributed by atoms with Gasteiger partial charge in [0.25, 0.3) is 0 Å². The molecule has 1 aliphatic rings. The fourth-order valence-corrected chi connectivity index (χ4v) is 2.08. The van der Waals surface area contributed by atoms with Crippen LogP contribution in [0, 0.1) is 0 Å². The van der Waals surface area contributed by atoms with Crippen LogP contribution in [-0.4, -0.2) is 46.6 Å². The molecule has 2 N–H and O–H groups in total. The van der Waals surface area contributed by atoms with Crippen LogP contribution in [0.25, 0.3) is 0 Å². The molecule has 1 aromatic rings. The Labute approximate surface area is 112 Å². The second-order valence-corrected chi connectivity index (χ2v) is 5.90. The average Bonchev–Trinajstić information content (AvgIpc) is 2.77. The van der Waals surface area contributed by atoms with Crippen molar-refractivity contribution in [3.05, 3.63) is 17.8 Å². The monoisotopic (exact) mass is 267 g/mol. The van der Waals surface area contributed by atoms with Crippen molar-refractivity contribution in [3.8, 4) is 0 Å². The van der Waals surface area contributed by atoms with Gasteiger partial charge in [0.05, 0.1) is 12.7 Å². The lowest BCUT2D eigenvalue weighted by molar-refractivity contribution is -0.144. The molecule has 2 heterocycles. The molecule has 19 heavy (non-hydrogen) atoms. The number of carbonyl (C=O) groups is 1. The first-order valence-corrected chi connectivity index (χ1v) is 6.50. The second kappa shape index (κ2) is 5.30. The topological polar surface area (TPSA) is 78.6 Å². The normalized spacial score (nSPS) is 21.5. The van der Waals surface area contributed by atoms with Crippen LogP contribution in [0.5, 0.6) is 0 Å². The molecule has 0 radical (unpaired) electrons. The van der Waals surface area contributed by atoms with Gasteiger partial charge in [0.1, 0.15) is 11.8 Å². The van der Waals surface area contributed by atoms with E-state index in [4.69, 9.17) is 4.42 Å². The van der Waals surface area contributed by atoms with Gasteiger partial charge in [0.15, 0.2) is 0 Å². The molecule has 0 bridgehead atoms. The molecule has 2 rings (SSSR count). The van der Waals surface area contributed by atoms with Gasteiger partial charge in [-0.1, -0.05) is 20.8 Å². The van der Waals surface area contributed by atoms with Gasteiger partial charge < -0.3 is 14.8 Å². The van der Waals surface area contributed by atoms with E-state index in [-0.39, 0.29) is 5.41 Å². The van der Waals surface area contributed by atoms with Gasteiger partial charge in [-0.15, -0.1) is 0 Å². The number of hydrogen-bond acceptors (Lipinski definition) is 5. The number of carboxylic acid groups (broad SMARTS) is 1. The summed E-state index contributed by atoms with van der Waals surface area (Å²) in [6.45, 7) is 8.55. The smallest absolute Gasteiger partial charge is 0.322 e. The predicted octanol–water partition coefficient (Wildman–Crippen LogP) is 0.831. The van der Waals surface area contributed by atoms with Crippen LogP contribution in [0.3, 0.4) is 0 Å². The lowest BCUT2D eigenvalue weighted by Crippen LogP contribution is -2.54. The molecule has 6 heteroatoms. The van der Waals surface area contributed by atoms with E-state index < -0.39 is 12.0 Å². The molecular formula is C13H21N3O3. The van der Waals surface area contributed by atoms with E-state index in [1.54, 1.807) is 6.20 Å². The third-order valence-corrected chi connectivity index (χ3v) is 3.27. The minimum absolute atomic E-state index is 0.0824. The lowest BCUT2D eigenvalue weighted by atomic mass is 9.94. The lowest BCUT2D eigenvalue weighted by Gasteiger charge is -2.32. The van der Waals surface area contributed by atoms with E-state index in [1.807, 2.05) is 4.90 Å². The molecule has 0 aliphatic carbocycles. The Bertz CT molecular complexity index is 450. The Morgan fingerprint density at radius 1 is 1.63 bits per heavy atom. The van der Waals surface area contributed by atoms with E-state index >= 15 is 0 Å². The summed E-state index contributed by atoms with van der Waals surface area (Å²) in [5.41, 5.74) is -0.0824. The highest BCUT2D eigenvalue weighted by Gasteiger charge is 2.29. The van der Waals surface area contributed by atoms with Crippen LogP contribution in [0.15, 0.2) is 10.6 Å². The number of nitrogens with zero attached hydrogens (tertiary/aromatic N) is 2. The summed E-state index contributed by atoms with van der Waals surface area (Å²) in [6.07, 6.45) is 1.73. The second-order valence-electron chi connectivity index (χ2n) is 5.90. The van der Waals surface area contributed by atoms with Crippen LogP contribution in [0.4, 0.5) is 0 Å². The van der Waals surface area contributed by atoms with Crippen LogP contribution in [-0.2, 0) is 16.8 Å². The molecule has 6 nitrogen and oxygen atoms in total. The molecule has 1 unspecified atom stereocenters. The minimum atomic E-state index is -0.810. The molecule has 0 saturated carbocycles. The first-order chi connectivity index (χ1) is 8.88. The molecule has 0 aromatic carbocycles. The molecular weight excluding hydrogens is 246 g/mol. The zero-order valence-electron chi connectivity index (χ0n) is 11.6. The zero-order chi connectivity index (χ0) is 14.0. The summed E-state index contributed by atoms with van der Waals surface area (Å²) >= 11 is 0. The zero-order valence-corrected chi connectivity index (χ0v) is 11.6. The SMILES string of the molecule is CC(C)(C)c1cnc(CN2CCNCC2C(=O)O)o1. The predicted molar refractivity (Wildman–Crippen MR) is 69.9 cm³/mol. The number of nitrogens with one attached hydrogen (secondary N) is 1. The van der Waals surface area contributed by atoms with Crippen molar-refractivity contribution in [1.82, 2.24) is 15.2 Å². The van der Waals surface area contributed by atoms with Gasteiger partial charge >= 0.3 is 5.97 Å². The van der Waals surface area contributed by atoms with Crippen LogP contribution >= 0.6 is 0 Å². The first kappa shape index (κ1) is 14.0. The van der Waals surface area contributed by atoms with Crippen LogP contribution < -0.4 is 5.32 Å². The van der Waals surface area contributed by atoms with Crippen molar-refractivity contribution in [1.29, 1.82) is 0 Å². The largest absolute Gasteiger partial charge is 0.480 e. The Kier molecular flexibility index (Phi) is 3.91. The van der Waals surface area contributed by atoms with Gasteiger partial charge in [-0.25, -0.2) is 4.98 Å². The highest BCUT2D eigenvalue weighted by atomic mass is 16.4. The Morgan fingerprint density at radius 2 is 2.37 bits per heavy atom. The highest BCUT2D eigenvalue weighted by molar-refractivity contribution is 5.73. The first-order valence-electron chi connectivity index (χ1n) is 6.50. The Balaban J connectivity index is 2.07. The van der Waals surface area contributed by atoms with E-state index in [2.05, 4.69) is 31.1 Å². The fraction of sp³-hybridized carbons (Fsp3) is 0.692.